The van der Waals surface area contributed by atoms with E-state index in [9.17, 15) is 27.6 Å². The summed E-state index contributed by atoms with van der Waals surface area (Å²) in [4.78, 5) is 2.99. The highest BCUT2D eigenvalue weighted by Crippen LogP contribution is 2.10. The van der Waals surface area contributed by atoms with Crippen LogP contribution < -0.4 is 25.3 Å². The van der Waals surface area contributed by atoms with Crippen molar-refractivity contribution in [3.8, 4) is 0 Å². The maximum Gasteiger partial charge on any atom is 0.193 e. The lowest BCUT2D eigenvalue weighted by molar-refractivity contribution is -0.908. The van der Waals surface area contributed by atoms with E-state index in [1.807, 2.05) is 0 Å². The lowest BCUT2D eigenvalue weighted by Gasteiger charge is -2.27. The van der Waals surface area contributed by atoms with Crippen molar-refractivity contribution >= 4 is 12.6 Å². The normalized spacial score (nSPS) is 11.6. The Bertz CT molecular complexity index is 566. The summed E-state index contributed by atoms with van der Waals surface area (Å²) in [7, 11) is 5.65. The number of nitrogens with one attached hydrogen (secondary N) is 2. The molecule has 0 saturated carbocycles. The summed E-state index contributed by atoms with van der Waals surface area (Å²) in [5.41, 5.74) is -0.695. The van der Waals surface area contributed by atoms with Crippen molar-refractivity contribution in [3.05, 3.63) is 29.3 Å². The van der Waals surface area contributed by atoms with Crippen LogP contribution in [0.4, 0.5) is 17.6 Å². The summed E-state index contributed by atoms with van der Waals surface area (Å²) in [5.74, 6) is -7.54. The van der Waals surface area contributed by atoms with E-state index < -0.39 is 35.9 Å². The molecule has 0 heterocycles. The molecule has 0 atom stereocenters. The Morgan fingerprint density at radius 3 is 1.22 bits per heavy atom. The van der Waals surface area contributed by atoms with Crippen LogP contribution in [0.5, 0.6) is 0 Å². The highest BCUT2D eigenvalue weighted by molar-refractivity contribution is 6.55. The topological polar surface area (TPSA) is 55.0 Å². The highest BCUT2D eigenvalue weighted by atomic mass is 19.2. The molecule has 27 heavy (non-hydrogen) atoms. The molecule has 0 aromatic heterocycles. The van der Waals surface area contributed by atoms with Gasteiger partial charge < -0.3 is 19.8 Å². The third kappa shape index (κ3) is 10.7. The van der Waals surface area contributed by atoms with Crippen LogP contribution in [0.1, 0.15) is 41.5 Å². The molecule has 2 N–H and O–H groups in total. The SMILES string of the molecule is C[NH+](C)C(C)(C)C.C[NH+](C)C(C)(C)C.[O-]B([O-])c1c(F)cc(F)c(F)c1F. The lowest BCUT2D eigenvalue weighted by Crippen LogP contribution is -3.13. The summed E-state index contributed by atoms with van der Waals surface area (Å²) < 4.78 is 49.6. The maximum absolute atomic E-state index is 12.5. The third-order valence-electron chi connectivity index (χ3n) is 4.39. The minimum Gasteiger partial charge on any atom is -0.889 e. The first-order chi connectivity index (χ1) is 11.8. The monoisotopic (exact) mass is 396 g/mol. The number of benzene rings is 1. The zero-order valence-corrected chi connectivity index (χ0v) is 18.0. The molecule has 0 aliphatic carbocycles. The zero-order valence-electron chi connectivity index (χ0n) is 18.0. The van der Waals surface area contributed by atoms with Crippen molar-refractivity contribution < 1.29 is 37.4 Å². The van der Waals surface area contributed by atoms with Gasteiger partial charge in [0, 0.05) is 6.07 Å². The molecular weight excluding hydrogens is 363 g/mol. The van der Waals surface area contributed by atoms with E-state index in [0.29, 0.717) is 11.1 Å². The second-order valence-corrected chi connectivity index (χ2v) is 8.71. The molecule has 0 bridgehead atoms. The summed E-state index contributed by atoms with van der Waals surface area (Å²) >= 11 is 0. The zero-order chi connectivity index (χ0) is 22.3. The fourth-order valence-electron chi connectivity index (χ4n) is 0.796. The smallest absolute Gasteiger partial charge is 0.193 e. The van der Waals surface area contributed by atoms with E-state index in [-0.39, 0.29) is 6.07 Å². The molecular formula is C18H33BF4N2O2. The second-order valence-electron chi connectivity index (χ2n) is 8.71. The van der Waals surface area contributed by atoms with E-state index in [0.717, 1.165) is 0 Å². The molecule has 0 unspecified atom stereocenters. The Kier molecular flexibility index (Phi) is 11.4. The van der Waals surface area contributed by atoms with Crippen molar-refractivity contribution in [1.82, 2.24) is 0 Å². The molecule has 0 fully saturated rings. The standard InChI is InChI=1S/C6HBF4O2.2C6H15N/c8-2-1-3(9)5(10)6(11)4(2)7(12)13;2*1-6(2,3)7(4)5/h1H;2*1-5H3/q-2;;/p+2. The minimum atomic E-state index is -3.02. The molecule has 0 aliphatic heterocycles. The predicted molar refractivity (Wildman–Crippen MR) is 96.8 cm³/mol. The van der Waals surface area contributed by atoms with Gasteiger partial charge in [-0.2, -0.15) is 0 Å². The maximum atomic E-state index is 12.5. The molecule has 158 valence electrons. The number of hydrogen-bond donors (Lipinski definition) is 2. The van der Waals surface area contributed by atoms with Crippen LogP contribution in [0.2, 0.25) is 0 Å². The molecule has 9 heteroatoms. The third-order valence-corrected chi connectivity index (χ3v) is 4.39. The second kappa shape index (κ2) is 11.0. The van der Waals surface area contributed by atoms with Crippen LogP contribution in [0.3, 0.4) is 0 Å². The van der Waals surface area contributed by atoms with Crippen molar-refractivity contribution in [3.63, 3.8) is 0 Å². The van der Waals surface area contributed by atoms with Gasteiger partial charge >= 0.3 is 0 Å². The van der Waals surface area contributed by atoms with Gasteiger partial charge in [-0.3, -0.25) is 0 Å². The lowest BCUT2D eigenvalue weighted by atomic mass is 9.79. The summed E-state index contributed by atoms with van der Waals surface area (Å²) in [6.07, 6.45) is 0. The first-order valence-electron chi connectivity index (χ1n) is 8.59. The van der Waals surface area contributed by atoms with Crippen LogP contribution >= 0.6 is 0 Å². The molecule has 0 spiro atoms. The van der Waals surface area contributed by atoms with Crippen molar-refractivity contribution in [2.75, 3.05) is 28.2 Å². The van der Waals surface area contributed by atoms with Crippen molar-refractivity contribution in [2.45, 2.75) is 52.6 Å². The highest BCUT2D eigenvalue weighted by Gasteiger charge is 2.17. The van der Waals surface area contributed by atoms with E-state index in [4.69, 9.17) is 0 Å². The molecule has 0 saturated heterocycles. The number of rotatable bonds is 1. The quantitative estimate of drug-likeness (QED) is 0.263. The van der Waals surface area contributed by atoms with Gasteiger partial charge in [-0.1, -0.05) is 12.6 Å². The number of quaternary nitrogens is 2. The fourth-order valence-corrected chi connectivity index (χ4v) is 0.796. The Balaban J connectivity index is 0. The molecule has 0 amide bonds. The van der Waals surface area contributed by atoms with Gasteiger partial charge in [0.05, 0.1) is 39.3 Å². The van der Waals surface area contributed by atoms with Crippen molar-refractivity contribution in [1.29, 1.82) is 0 Å². The van der Waals surface area contributed by atoms with E-state index >= 15 is 0 Å². The van der Waals surface area contributed by atoms with Crippen LogP contribution in [0, 0.1) is 23.3 Å². The average molecular weight is 396 g/mol. The first-order valence-corrected chi connectivity index (χ1v) is 8.59. The predicted octanol–water partition coefficient (Wildman–Crippen LogP) is -1.48. The van der Waals surface area contributed by atoms with Gasteiger partial charge in [0.15, 0.2) is 17.5 Å². The van der Waals surface area contributed by atoms with Crippen LogP contribution in [-0.4, -0.2) is 46.4 Å². The summed E-state index contributed by atoms with van der Waals surface area (Å²) in [6.45, 7) is 13.3. The number of hydrogen-bond acceptors (Lipinski definition) is 2. The van der Waals surface area contributed by atoms with Gasteiger partial charge in [-0.25, -0.2) is 17.6 Å². The number of halogens is 4. The molecule has 0 radical (unpaired) electrons. The Hall–Kier alpha value is -1.16. The summed E-state index contributed by atoms with van der Waals surface area (Å²) in [5, 5.41) is 20.2. The average Bonchev–Trinajstić information content (AvgIpc) is 2.43. The van der Waals surface area contributed by atoms with E-state index in [1.54, 1.807) is 0 Å². The van der Waals surface area contributed by atoms with Gasteiger partial charge in [0.1, 0.15) is 5.82 Å². The molecule has 0 aliphatic rings. The van der Waals surface area contributed by atoms with Crippen LogP contribution in [0.25, 0.3) is 0 Å². The molecule has 1 rings (SSSR count). The first kappa shape index (κ1) is 28.1. The largest absolute Gasteiger partial charge is 0.889 e. The summed E-state index contributed by atoms with van der Waals surface area (Å²) in [6, 6.07) is -0.0451. The van der Waals surface area contributed by atoms with Gasteiger partial charge in [0.2, 0.25) is 0 Å². The molecule has 1 aromatic carbocycles. The molecule has 1 aromatic rings. The minimum absolute atomic E-state index is 0.0451. The van der Waals surface area contributed by atoms with Crippen LogP contribution in [-0.2, 0) is 0 Å². The molecule has 4 nitrogen and oxygen atoms in total. The Morgan fingerprint density at radius 1 is 0.704 bits per heavy atom. The Morgan fingerprint density at radius 2 is 1.00 bits per heavy atom. The van der Waals surface area contributed by atoms with Crippen molar-refractivity contribution in [2.24, 2.45) is 0 Å². The Labute approximate surface area is 160 Å². The van der Waals surface area contributed by atoms with Gasteiger partial charge in [-0.15, -0.1) is 0 Å². The van der Waals surface area contributed by atoms with Crippen LogP contribution in [0.15, 0.2) is 6.07 Å². The van der Waals surface area contributed by atoms with E-state index in [1.165, 1.54) is 9.80 Å². The van der Waals surface area contributed by atoms with Gasteiger partial charge in [0.25, 0.3) is 0 Å². The van der Waals surface area contributed by atoms with Gasteiger partial charge in [-0.05, 0) is 41.5 Å². The van der Waals surface area contributed by atoms with E-state index in [2.05, 4.69) is 69.7 Å². The fraction of sp³-hybridized carbons (Fsp3) is 0.667.